The van der Waals surface area contributed by atoms with Crippen LogP contribution in [0.3, 0.4) is 0 Å². The monoisotopic (exact) mass is 299 g/mol. The second-order valence-electron chi connectivity index (χ2n) is 5.44. The van der Waals surface area contributed by atoms with Crippen LogP contribution < -0.4 is 5.32 Å². The number of ether oxygens (including phenoxy) is 1. The molecular formula is C16H23ClFNO. The van der Waals surface area contributed by atoms with Crippen molar-refractivity contribution < 1.29 is 9.13 Å². The molecule has 4 heteroatoms. The first-order valence-electron chi connectivity index (χ1n) is 7.46. The molecule has 0 bridgehead atoms. The fourth-order valence-electron chi connectivity index (χ4n) is 2.77. The SMILES string of the molecule is CCCNC(Cc1c(F)cccc1Cl)C1CCCOC1. The first-order valence-corrected chi connectivity index (χ1v) is 7.84. The van der Waals surface area contributed by atoms with E-state index in [1.807, 2.05) is 0 Å². The minimum Gasteiger partial charge on any atom is -0.381 e. The summed E-state index contributed by atoms with van der Waals surface area (Å²) in [6, 6.07) is 5.12. The van der Waals surface area contributed by atoms with Crippen molar-refractivity contribution in [2.45, 2.75) is 38.6 Å². The van der Waals surface area contributed by atoms with Gasteiger partial charge in [0.1, 0.15) is 5.82 Å². The molecule has 0 aliphatic carbocycles. The fourth-order valence-corrected chi connectivity index (χ4v) is 3.01. The Kier molecular flexibility index (Phi) is 6.27. The molecule has 2 atom stereocenters. The van der Waals surface area contributed by atoms with E-state index in [4.69, 9.17) is 16.3 Å². The highest BCUT2D eigenvalue weighted by molar-refractivity contribution is 6.31. The first kappa shape index (κ1) is 15.7. The van der Waals surface area contributed by atoms with Crippen molar-refractivity contribution in [3.8, 4) is 0 Å². The van der Waals surface area contributed by atoms with E-state index in [0.717, 1.165) is 39.0 Å². The summed E-state index contributed by atoms with van der Waals surface area (Å²) in [5.74, 6) is 0.225. The summed E-state index contributed by atoms with van der Waals surface area (Å²) in [6.45, 7) is 4.68. The van der Waals surface area contributed by atoms with Crippen LogP contribution in [0.15, 0.2) is 18.2 Å². The summed E-state index contributed by atoms with van der Waals surface area (Å²) < 4.78 is 19.5. The summed E-state index contributed by atoms with van der Waals surface area (Å²) in [5, 5.41) is 4.06. The summed E-state index contributed by atoms with van der Waals surface area (Å²) in [7, 11) is 0. The Balaban J connectivity index is 2.09. The van der Waals surface area contributed by atoms with E-state index >= 15 is 0 Å². The van der Waals surface area contributed by atoms with Crippen molar-refractivity contribution in [1.82, 2.24) is 5.32 Å². The molecule has 1 aliphatic rings. The van der Waals surface area contributed by atoms with Crippen LogP contribution in [0.1, 0.15) is 31.7 Å². The number of nitrogens with one attached hydrogen (secondary N) is 1. The molecule has 1 heterocycles. The van der Waals surface area contributed by atoms with Crippen molar-refractivity contribution >= 4 is 11.6 Å². The van der Waals surface area contributed by atoms with Crippen molar-refractivity contribution in [3.63, 3.8) is 0 Å². The van der Waals surface area contributed by atoms with Gasteiger partial charge in [0.05, 0.1) is 6.61 Å². The molecule has 1 saturated heterocycles. The quantitative estimate of drug-likeness (QED) is 0.862. The van der Waals surface area contributed by atoms with Gasteiger partial charge in [-0.15, -0.1) is 0 Å². The van der Waals surface area contributed by atoms with Crippen LogP contribution in [0.2, 0.25) is 5.02 Å². The van der Waals surface area contributed by atoms with Crippen molar-refractivity contribution in [1.29, 1.82) is 0 Å². The lowest BCUT2D eigenvalue weighted by molar-refractivity contribution is 0.0392. The molecule has 0 amide bonds. The number of halogens is 2. The van der Waals surface area contributed by atoms with Gasteiger partial charge in [-0.2, -0.15) is 0 Å². The third kappa shape index (κ3) is 4.18. The zero-order chi connectivity index (χ0) is 14.4. The van der Waals surface area contributed by atoms with Crippen LogP contribution in [-0.4, -0.2) is 25.8 Å². The molecule has 2 nitrogen and oxygen atoms in total. The van der Waals surface area contributed by atoms with E-state index < -0.39 is 0 Å². The Hall–Kier alpha value is -0.640. The van der Waals surface area contributed by atoms with Gasteiger partial charge in [0.2, 0.25) is 0 Å². The Labute approximate surface area is 125 Å². The molecule has 1 fully saturated rings. The van der Waals surface area contributed by atoms with E-state index in [9.17, 15) is 4.39 Å². The highest BCUT2D eigenvalue weighted by atomic mass is 35.5. The van der Waals surface area contributed by atoms with E-state index in [-0.39, 0.29) is 11.9 Å². The highest BCUT2D eigenvalue weighted by Crippen LogP contribution is 2.25. The van der Waals surface area contributed by atoms with E-state index in [2.05, 4.69) is 12.2 Å². The van der Waals surface area contributed by atoms with Gasteiger partial charge in [0, 0.05) is 23.2 Å². The molecule has 112 valence electrons. The van der Waals surface area contributed by atoms with E-state index in [1.54, 1.807) is 12.1 Å². The van der Waals surface area contributed by atoms with E-state index in [0.29, 0.717) is 22.9 Å². The standard InChI is InChI=1S/C16H23ClFNO/c1-2-8-19-16(12-5-4-9-20-11-12)10-13-14(17)6-3-7-15(13)18/h3,6-7,12,16,19H,2,4-5,8-11H2,1H3. The predicted octanol–water partition coefficient (Wildman–Crippen LogP) is 3.82. The number of rotatable bonds is 6. The second-order valence-corrected chi connectivity index (χ2v) is 5.85. The van der Waals surface area contributed by atoms with Gasteiger partial charge in [0.25, 0.3) is 0 Å². The first-order chi connectivity index (χ1) is 9.72. The Morgan fingerprint density at radius 3 is 3.00 bits per heavy atom. The largest absolute Gasteiger partial charge is 0.381 e. The third-order valence-electron chi connectivity index (χ3n) is 3.91. The maximum atomic E-state index is 14.0. The molecule has 0 radical (unpaired) electrons. The van der Waals surface area contributed by atoms with Crippen LogP contribution in [0.25, 0.3) is 0 Å². The highest BCUT2D eigenvalue weighted by Gasteiger charge is 2.25. The van der Waals surface area contributed by atoms with E-state index in [1.165, 1.54) is 6.07 Å². The minimum atomic E-state index is -0.211. The lowest BCUT2D eigenvalue weighted by atomic mass is 9.89. The number of hydrogen-bond donors (Lipinski definition) is 1. The zero-order valence-electron chi connectivity index (χ0n) is 12.0. The summed E-state index contributed by atoms with van der Waals surface area (Å²) >= 11 is 6.15. The lowest BCUT2D eigenvalue weighted by Crippen LogP contribution is -2.42. The second kappa shape index (κ2) is 7.96. The molecule has 0 aromatic heterocycles. The smallest absolute Gasteiger partial charge is 0.127 e. The molecular weight excluding hydrogens is 277 g/mol. The van der Waals surface area contributed by atoms with Crippen LogP contribution in [-0.2, 0) is 11.2 Å². The molecule has 0 spiro atoms. The van der Waals surface area contributed by atoms with Crippen molar-refractivity contribution in [2.75, 3.05) is 19.8 Å². The number of hydrogen-bond acceptors (Lipinski definition) is 2. The summed E-state index contributed by atoms with van der Waals surface area (Å²) in [6.07, 6.45) is 3.90. The topological polar surface area (TPSA) is 21.3 Å². The third-order valence-corrected chi connectivity index (χ3v) is 4.26. The maximum Gasteiger partial charge on any atom is 0.127 e. The Morgan fingerprint density at radius 1 is 1.50 bits per heavy atom. The normalized spacial score (nSPS) is 20.9. The van der Waals surface area contributed by atoms with Crippen LogP contribution >= 0.6 is 11.6 Å². The Morgan fingerprint density at radius 2 is 2.35 bits per heavy atom. The van der Waals surface area contributed by atoms with Gasteiger partial charge >= 0.3 is 0 Å². The average Bonchev–Trinajstić information content (AvgIpc) is 2.47. The van der Waals surface area contributed by atoms with Gasteiger partial charge in [-0.05, 0) is 50.3 Å². The predicted molar refractivity (Wildman–Crippen MR) is 80.7 cm³/mol. The van der Waals surface area contributed by atoms with Crippen molar-refractivity contribution in [3.05, 3.63) is 34.6 Å². The van der Waals surface area contributed by atoms with Crippen molar-refractivity contribution in [2.24, 2.45) is 5.92 Å². The minimum absolute atomic E-state index is 0.211. The van der Waals surface area contributed by atoms with Gasteiger partial charge in [-0.25, -0.2) is 4.39 Å². The lowest BCUT2D eigenvalue weighted by Gasteiger charge is -2.31. The Bertz CT molecular complexity index is 401. The molecule has 2 rings (SSSR count). The average molecular weight is 300 g/mol. The molecule has 1 aromatic rings. The zero-order valence-corrected chi connectivity index (χ0v) is 12.8. The maximum absolute atomic E-state index is 14.0. The molecule has 20 heavy (non-hydrogen) atoms. The summed E-state index contributed by atoms with van der Waals surface area (Å²) in [5.41, 5.74) is 0.619. The van der Waals surface area contributed by atoms with Gasteiger partial charge in [-0.1, -0.05) is 24.6 Å². The van der Waals surface area contributed by atoms with Crippen LogP contribution in [0.4, 0.5) is 4.39 Å². The van der Waals surface area contributed by atoms with Gasteiger partial charge in [0.15, 0.2) is 0 Å². The molecule has 2 unspecified atom stereocenters. The van der Waals surface area contributed by atoms with Gasteiger partial charge in [-0.3, -0.25) is 0 Å². The molecule has 0 saturated carbocycles. The molecule has 1 N–H and O–H groups in total. The molecule has 1 aliphatic heterocycles. The van der Waals surface area contributed by atoms with Crippen LogP contribution in [0, 0.1) is 11.7 Å². The fraction of sp³-hybridized carbons (Fsp3) is 0.625. The van der Waals surface area contributed by atoms with Crippen LogP contribution in [0.5, 0.6) is 0 Å². The molecule has 1 aromatic carbocycles. The number of benzene rings is 1. The summed E-state index contributed by atoms with van der Waals surface area (Å²) in [4.78, 5) is 0. The van der Waals surface area contributed by atoms with Gasteiger partial charge < -0.3 is 10.1 Å².